The summed E-state index contributed by atoms with van der Waals surface area (Å²) >= 11 is 0. The highest BCUT2D eigenvalue weighted by Gasteiger charge is 2.12. The van der Waals surface area contributed by atoms with E-state index in [1.165, 1.54) is 10.6 Å². The topological polar surface area (TPSA) is 62.3 Å². The molecule has 0 aliphatic heterocycles. The monoisotopic (exact) mass is 271 g/mol. The van der Waals surface area contributed by atoms with Crippen LogP contribution in [0.1, 0.15) is 18.9 Å². The molecule has 1 rings (SSSR count). The maximum atomic E-state index is 11.4. The van der Waals surface area contributed by atoms with Crippen molar-refractivity contribution >= 4 is 15.7 Å². The Morgan fingerprint density at radius 3 is 2.72 bits per heavy atom. The van der Waals surface area contributed by atoms with Crippen LogP contribution in [0.25, 0.3) is 0 Å². The SMILES string of the molecule is CCN(CCCNc1ccncc1C)S(C)(=O)=O. The molecule has 0 fully saturated rings. The smallest absolute Gasteiger partial charge is 0.211 e. The molecule has 0 saturated carbocycles. The van der Waals surface area contributed by atoms with E-state index in [-0.39, 0.29) is 0 Å². The van der Waals surface area contributed by atoms with Crippen molar-refractivity contribution in [3.63, 3.8) is 0 Å². The summed E-state index contributed by atoms with van der Waals surface area (Å²) in [5, 5.41) is 3.28. The number of rotatable bonds is 7. The Labute approximate surface area is 109 Å². The second-order valence-electron chi connectivity index (χ2n) is 4.23. The van der Waals surface area contributed by atoms with Gasteiger partial charge in [-0.1, -0.05) is 6.92 Å². The number of sulfonamides is 1. The Balaban J connectivity index is 2.37. The third kappa shape index (κ3) is 4.62. The summed E-state index contributed by atoms with van der Waals surface area (Å²) in [6.07, 6.45) is 5.57. The van der Waals surface area contributed by atoms with Crippen molar-refractivity contribution in [1.29, 1.82) is 0 Å². The van der Waals surface area contributed by atoms with Crippen LogP contribution in [0.3, 0.4) is 0 Å². The molecule has 0 aromatic carbocycles. The molecule has 18 heavy (non-hydrogen) atoms. The van der Waals surface area contributed by atoms with Crippen LogP contribution < -0.4 is 5.32 Å². The van der Waals surface area contributed by atoms with Gasteiger partial charge in [-0.2, -0.15) is 0 Å². The van der Waals surface area contributed by atoms with E-state index in [2.05, 4.69) is 10.3 Å². The molecule has 6 heteroatoms. The molecule has 0 aliphatic carbocycles. The summed E-state index contributed by atoms with van der Waals surface area (Å²) in [5.41, 5.74) is 2.14. The third-order valence-corrected chi connectivity index (χ3v) is 4.12. The second kappa shape index (κ2) is 6.70. The highest BCUT2D eigenvalue weighted by Crippen LogP contribution is 2.11. The minimum atomic E-state index is -3.07. The fourth-order valence-electron chi connectivity index (χ4n) is 1.71. The van der Waals surface area contributed by atoms with Gasteiger partial charge in [-0.05, 0) is 25.0 Å². The molecule has 0 spiro atoms. The first-order valence-electron chi connectivity index (χ1n) is 6.04. The minimum Gasteiger partial charge on any atom is -0.385 e. The summed E-state index contributed by atoms with van der Waals surface area (Å²) in [6, 6.07) is 1.92. The third-order valence-electron chi connectivity index (χ3n) is 2.74. The highest BCUT2D eigenvalue weighted by atomic mass is 32.2. The molecule has 1 heterocycles. The van der Waals surface area contributed by atoms with E-state index < -0.39 is 10.0 Å². The number of pyridine rings is 1. The van der Waals surface area contributed by atoms with E-state index in [4.69, 9.17) is 0 Å². The predicted octanol–water partition coefficient (Wildman–Crippen LogP) is 1.47. The molecule has 0 unspecified atom stereocenters. The van der Waals surface area contributed by atoms with Gasteiger partial charge in [0.2, 0.25) is 10.0 Å². The first kappa shape index (κ1) is 14.9. The second-order valence-corrected chi connectivity index (χ2v) is 6.21. The summed E-state index contributed by atoms with van der Waals surface area (Å²) in [5.74, 6) is 0. The lowest BCUT2D eigenvalue weighted by Crippen LogP contribution is -2.31. The number of anilines is 1. The van der Waals surface area contributed by atoms with Crippen LogP contribution in [0, 0.1) is 6.92 Å². The zero-order valence-electron chi connectivity index (χ0n) is 11.2. The number of nitrogens with zero attached hydrogens (tertiary/aromatic N) is 2. The molecule has 1 N–H and O–H groups in total. The van der Waals surface area contributed by atoms with Crippen molar-refractivity contribution in [2.45, 2.75) is 20.3 Å². The molecule has 1 aromatic rings. The molecule has 0 bridgehead atoms. The van der Waals surface area contributed by atoms with E-state index in [0.29, 0.717) is 13.1 Å². The van der Waals surface area contributed by atoms with Crippen molar-refractivity contribution in [2.24, 2.45) is 0 Å². The van der Waals surface area contributed by atoms with Gasteiger partial charge in [-0.15, -0.1) is 0 Å². The standard InChI is InChI=1S/C12H21N3O2S/c1-4-15(18(3,16)17)9-5-7-14-12-6-8-13-10-11(12)2/h6,8,10H,4-5,7,9H2,1-3H3,(H,13,14). The van der Waals surface area contributed by atoms with Crippen LogP contribution in [0.15, 0.2) is 18.5 Å². The van der Waals surface area contributed by atoms with Gasteiger partial charge in [0.05, 0.1) is 6.26 Å². The summed E-state index contributed by atoms with van der Waals surface area (Å²) in [7, 11) is -3.07. The molecule has 5 nitrogen and oxygen atoms in total. The molecule has 0 radical (unpaired) electrons. The normalized spacial score (nSPS) is 11.8. The molecule has 0 amide bonds. The van der Waals surface area contributed by atoms with Gasteiger partial charge < -0.3 is 5.32 Å². The van der Waals surface area contributed by atoms with Crippen molar-refractivity contribution in [3.8, 4) is 0 Å². The molecule has 0 aliphatic rings. The molecule has 0 atom stereocenters. The zero-order valence-corrected chi connectivity index (χ0v) is 12.0. The molecule has 0 saturated heterocycles. The van der Waals surface area contributed by atoms with Crippen molar-refractivity contribution in [1.82, 2.24) is 9.29 Å². The molecule has 1 aromatic heterocycles. The van der Waals surface area contributed by atoms with Gasteiger partial charge in [-0.25, -0.2) is 12.7 Å². The lowest BCUT2D eigenvalue weighted by atomic mass is 10.2. The molecular formula is C12H21N3O2S. The first-order chi connectivity index (χ1) is 8.45. The van der Waals surface area contributed by atoms with Gasteiger partial charge in [0.25, 0.3) is 0 Å². The van der Waals surface area contributed by atoms with Crippen LogP contribution in [-0.4, -0.2) is 43.6 Å². The van der Waals surface area contributed by atoms with E-state index in [1.54, 1.807) is 12.4 Å². The Morgan fingerprint density at radius 2 is 2.17 bits per heavy atom. The van der Waals surface area contributed by atoms with Crippen LogP contribution >= 0.6 is 0 Å². The quantitative estimate of drug-likeness (QED) is 0.763. The van der Waals surface area contributed by atoms with Gasteiger partial charge >= 0.3 is 0 Å². The van der Waals surface area contributed by atoms with Crippen molar-refractivity contribution < 1.29 is 8.42 Å². The number of aromatic nitrogens is 1. The van der Waals surface area contributed by atoms with Crippen molar-refractivity contribution in [3.05, 3.63) is 24.0 Å². The summed E-state index contributed by atoms with van der Waals surface area (Å²) in [6.45, 7) is 5.65. The minimum absolute atomic E-state index is 0.521. The van der Waals surface area contributed by atoms with E-state index in [9.17, 15) is 8.42 Å². The lowest BCUT2D eigenvalue weighted by Gasteiger charge is -2.18. The van der Waals surface area contributed by atoms with Gasteiger partial charge in [-0.3, -0.25) is 4.98 Å². The van der Waals surface area contributed by atoms with Crippen LogP contribution in [-0.2, 0) is 10.0 Å². The Hall–Kier alpha value is -1.14. The van der Waals surface area contributed by atoms with Crippen LogP contribution in [0.5, 0.6) is 0 Å². The number of nitrogens with one attached hydrogen (secondary N) is 1. The Kier molecular flexibility index (Phi) is 5.55. The fraction of sp³-hybridized carbons (Fsp3) is 0.583. The predicted molar refractivity (Wildman–Crippen MR) is 74.2 cm³/mol. The van der Waals surface area contributed by atoms with Gasteiger partial charge in [0.15, 0.2) is 0 Å². The fourth-order valence-corrected chi connectivity index (χ4v) is 2.64. The summed E-state index contributed by atoms with van der Waals surface area (Å²) in [4.78, 5) is 4.02. The van der Waals surface area contributed by atoms with E-state index in [1.807, 2.05) is 19.9 Å². The summed E-state index contributed by atoms with van der Waals surface area (Å²) < 4.78 is 24.2. The molecular weight excluding hydrogens is 250 g/mol. The Morgan fingerprint density at radius 1 is 1.44 bits per heavy atom. The molecule has 102 valence electrons. The Bertz CT molecular complexity index is 474. The number of hydrogen-bond donors (Lipinski definition) is 1. The number of aryl methyl sites for hydroxylation is 1. The van der Waals surface area contributed by atoms with Crippen LogP contribution in [0.2, 0.25) is 0 Å². The average molecular weight is 271 g/mol. The largest absolute Gasteiger partial charge is 0.385 e. The van der Waals surface area contributed by atoms with Crippen LogP contribution in [0.4, 0.5) is 5.69 Å². The van der Waals surface area contributed by atoms with E-state index >= 15 is 0 Å². The van der Waals surface area contributed by atoms with Crippen molar-refractivity contribution in [2.75, 3.05) is 31.2 Å². The average Bonchev–Trinajstić information content (AvgIpc) is 2.29. The first-order valence-corrected chi connectivity index (χ1v) is 7.89. The lowest BCUT2D eigenvalue weighted by molar-refractivity contribution is 0.429. The number of hydrogen-bond acceptors (Lipinski definition) is 4. The maximum absolute atomic E-state index is 11.4. The van der Waals surface area contributed by atoms with Gasteiger partial charge in [0.1, 0.15) is 0 Å². The highest BCUT2D eigenvalue weighted by molar-refractivity contribution is 7.88. The zero-order chi connectivity index (χ0) is 13.6. The van der Waals surface area contributed by atoms with E-state index in [0.717, 1.165) is 24.2 Å². The van der Waals surface area contributed by atoms with Gasteiger partial charge in [0, 0.05) is 37.7 Å². The maximum Gasteiger partial charge on any atom is 0.211 e.